The largest absolute Gasteiger partial charge is 0.380 e. The van der Waals surface area contributed by atoms with Crippen molar-refractivity contribution in [2.75, 3.05) is 36.5 Å². The van der Waals surface area contributed by atoms with Gasteiger partial charge in [-0.15, -0.1) is 0 Å². The first-order valence-corrected chi connectivity index (χ1v) is 7.10. The van der Waals surface area contributed by atoms with Crippen molar-refractivity contribution in [3.63, 3.8) is 0 Å². The molecule has 3 rings (SSSR count). The molecular formula is C15H19N5O. The molecule has 0 spiro atoms. The lowest BCUT2D eigenvalue weighted by molar-refractivity contribution is 0.122. The van der Waals surface area contributed by atoms with Gasteiger partial charge in [0.05, 0.1) is 18.9 Å². The molecular weight excluding hydrogens is 266 g/mol. The summed E-state index contributed by atoms with van der Waals surface area (Å²) in [5.74, 6) is 0.777. The molecule has 0 radical (unpaired) electrons. The SMILES string of the molecule is Cc1cncc(NCc2cnc(N3CCOCC3)nc2)c1. The van der Waals surface area contributed by atoms with E-state index in [9.17, 15) is 0 Å². The third kappa shape index (κ3) is 3.66. The number of rotatable bonds is 4. The number of hydrogen-bond donors (Lipinski definition) is 1. The third-order valence-electron chi connectivity index (χ3n) is 3.36. The minimum Gasteiger partial charge on any atom is -0.380 e. The molecule has 0 unspecified atom stereocenters. The van der Waals surface area contributed by atoms with Gasteiger partial charge in [0, 0.05) is 50.0 Å². The van der Waals surface area contributed by atoms with Crippen LogP contribution in [0.5, 0.6) is 0 Å². The first kappa shape index (κ1) is 13.8. The van der Waals surface area contributed by atoms with Crippen LogP contribution < -0.4 is 10.2 Å². The minimum atomic E-state index is 0.689. The van der Waals surface area contributed by atoms with Gasteiger partial charge >= 0.3 is 0 Å². The minimum absolute atomic E-state index is 0.689. The molecule has 1 aliphatic heterocycles. The molecule has 110 valence electrons. The zero-order valence-corrected chi connectivity index (χ0v) is 12.1. The molecule has 0 saturated carbocycles. The van der Waals surface area contributed by atoms with Crippen molar-refractivity contribution in [2.24, 2.45) is 0 Å². The van der Waals surface area contributed by atoms with Crippen LogP contribution in [-0.2, 0) is 11.3 Å². The molecule has 2 aromatic rings. The van der Waals surface area contributed by atoms with Crippen molar-refractivity contribution in [1.29, 1.82) is 0 Å². The van der Waals surface area contributed by atoms with Gasteiger partial charge in [-0.25, -0.2) is 9.97 Å². The van der Waals surface area contributed by atoms with E-state index >= 15 is 0 Å². The number of pyridine rings is 1. The highest BCUT2D eigenvalue weighted by Gasteiger charge is 2.13. The Morgan fingerprint density at radius 1 is 1.14 bits per heavy atom. The van der Waals surface area contributed by atoms with Crippen molar-refractivity contribution in [2.45, 2.75) is 13.5 Å². The Morgan fingerprint density at radius 3 is 2.62 bits per heavy atom. The van der Waals surface area contributed by atoms with Crippen LogP contribution in [-0.4, -0.2) is 41.3 Å². The summed E-state index contributed by atoms with van der Waals surface area (Å²) < 4.78 is 5.33. The topological polar surface area (TPSA) is 63.2 Å². The van der Waals surface area contributed by atoms with Gasteiger partial charge in [-0.2, -0.15) is 0 Å². The van der Waals surface area contributed by atoms with E-state index < -0.39 is 0 Å². The molecule has 6 heteroatoms. The zero-order valence-electron chi connectivity index (χ0n) is 12.1. The maximum atomic E-state index is 5.33. The van der Waals surface area contributed by atoms with Crippen molar-refractivity contribution >= 4 is 11.6 Å². The van der Waals surface area contributed by atoms with Gasteiger partial charge in [0.25, 0.3) is 0 Å². The van der Waals surface area contributed by atoms with Crippen LogP contribution in [0.1, 0.15) is 11.1 Å². The van der Waals surface area contributed by atoms with E-state index in [1.165, 1.54) is 0 Å². The number of aromatic nitrogens is 3. The number of hydrogen-bond acceptors (Lipinski definition) is 6. The Bertz CT molecular complexity index is 581. The summed E-state index contributed by atoms with van der Waals surface area (Å²) in [4.78, 5) is 15.2. The van der Waals surface area contributed by atoms with Crippen LogP contribution in [0.25, 0.3) is 0 Å². The average molecular weight is 285 g/mol. The van der Waals surface area contributed by atoms with Gasteiger partial charge in [-0.1, -0.05) is 0 Å². The van der Waals surface area contributed by atoms with E-state index in [1.807, 2.05) is 31.7 Å². The molecule has 1 aliphatic rings. The lowest BCUT2D eigenvalue weighted by Crippen LogP contribution is -2.37. The number of morpholine rings is 1. The predicted octanol–water partition coefficient (Wildman–Crippen LogP) is 1.63. The fourth-order valence-corrected chi connectivity index (χ4v) is 2.22. The lowest BCUT2D eigenvalue weighted by Gasteiger charge is -2.26. The summed E-state index contributed by atoms with van der Waals surface area (Å²) >= 11 is 0. The summed E-state index contributed by atoms with van der Waals surface area (Å²) in [7, 11) is 0. The molecule has 0 aliphatic carbocycles. The van der Waals surface area contributed by atoms with E-state index in [0.29, 0.717) is 6.54 Å². The quantitative estimate of drug-likeness (QED) is 0.921. The second-order valence-electron chi connectivity index (χ2n) is 5.10. The van der Waals surface area contributed by atoms with E-state index in [1.54, 1.807) is 0 Å². The van der Waals surface area contributed by atoms with Crippen molar-refractivity contribution in [3.8, 4) is 0 Å². The molecule has 1 fully saturated rings. The number of aryl methyl sites for hydroxylation is 1. The Hall–Kier alpha value is -2.21. The molecule has 21 heavy (non-hydrogen) atoms. The monoisotopic (exact) mass is 285 g/mol. The second kappa shape index (κ2) is 6.49. The number of anilines is 2. The first-order valence-electron chi connectivity index (χ1n) is 7.10. The van der Waals surface area contributed by atoms with Crippen LogP contribution in [0, 0.1) is 6.92 Å². The van der Waals surface area contributed by atoms with Crippen LogP contribution in [0.3, 0.4) is 0 Å². The molecule has 3 heterocycles. The fraction of sp³-hybridized carbons (Fsp3) is 0.400. The van der Waals surface area contributed by atoms with E-state index in [4.69, 9.17) is 4.74 Å². The summed E-state index contributed by atoms with van der Waals surface area (Å²) in [6.45, 7) is 5.91. The molecule has 0 aromatic carbocycles. The number of nitrogens with zero attached hydrogens (tertiary/aromatic N) is 4. The highest BCUT2D eigenvalue weighted by molar-refractivity contribution is 5.43. The van der Waals surface area contributed by atoms with Crippen LogP contribution >= 0.6 is 0 Å². The van der Waals surface area contributed by atoms with Crippen molar-refractivity contribution in [3.05, 3.63) is 42.0 Å². The van der Waals surface area contributed by atoms with Gasteiger partial charge < -0.3 is 15.0 Å². The highest BCUT2D eigenvalue weighted by atomic mass is 16.5. The second-order valence-corrected chi connectivity index (χ2v) is 5.10. The third-order valence-corrected chi connectivity index (χ3v) is 3.36. The predicted molar refractivity (Wildman–Crippen MR) is 81.4 cm³/mol. The molecule has 0 bridgehead atoms. The highest BCUT2D eigenvalue weighted by Crippen LogP contribution is 2.11. The smallest absolute Gasteiger partial charge is 0.225 e. The molecule has 1 N–H and O–H groups in total. The van der Waals surface area contributed by atoms with Gasteiger partial charge in [0.1, 0.15) is 0 Å². The molecule has 6 nitrogen and oxygen atoms in total. The van der Waals surface area contributed by atoms with Gasteiger partial charge in [-0.05, 0) is 18.6 Å². The maximum Gasteiger partial charge on any atom is 0.225 e. The first-order chi connectivity index (χ1) is 10.3. The van der Waals surface area contributed by atoms with Crippen LogP contribution in [0.15, 0.2) is 30.9 Å². The maximum absolute atomic E-state index is 5.33. The summed E-state index contributed by atoms with van der Waals surface area (Å²) in [6, 6.07) is 2.07. The van der Waals surface area contributed by atoms with E-state index in [-0.39, 0.29) is 0 Å². The lowest BCUT2D eigenvalue weighted by atomic mass is 10.3. The fourth-order valence-electron chi connectivity index (χ4n) is 2.22. The van der Waals surface area contributed by atoms with Crippen LogP contribution in [0.4, 0.5) is 11.6 Å². The average Bonchev–Trinajstić information content (AvgIpc) is 2.54. The summed E-state index contributed by atoms with van der Waals surface area (Å²) in [5.41, 5.74) is 3.19. The van der Waals surface area contributed by atoms with Crippen LogP contribution in [0.2, 0.25) is 0 Å². The Balaban J connectivity index is 1.59. The van der Waals surface area contributed by atoms with Gasteiger partial charge in [-0.3, -0.25) is 4.98 Å². The number of nitrogens with one attached hydrogen (secondary N) is 1. The Labute approximate surface area is 124 Å². The van der Waals surface area contributed by atoms with E-state index in [2.05, 4.69) is 31.2 Å². The normalized spacial score (nSPS) is 15.0. The Morgan fingerprint density at radius 2 is 1.90 bits per heavy atom. The molecule has 0 amide bonds. The molecule has 1 saturated heterocycles. The molecule has 0 atom stereocenters. The van der Waals surface area contributed by atoms with E-state index in [0.717, 1.165) is 49.1 Å². The van der Waals surface area contributed by atoms with Gasteiger partial charge in [0.2, 0.25) is 5.95 Å². The summed E-state index contributed by atoms with van der Waals surface area (Å²) in [6.07, 6.45) is 7.39. The van der Waals surface area contributed by atoms with Gasteiger partial charge in [0.15, 0.2) is 0 Å². The van der Waals surface area contributed by atoms with Crippen molar-refractivity contribution < 1.29 is 4.74 Å². The molecule has 2 aromatic heterocycles. The number of ether oxygens (including phenoxy) is 1. The standard InChI is InChI=1S/C15H19N5O/c1-12-6-14(11-16-7-12)17-8-13-9-18-15(19-10-13)20-2-4-21-5-3-20/h6-7,9-11,17H,2-5,8H2,1H3. The summed E-state index contributed by atoms with van der Waals surface area (Å²) in [5, 5.41) is 3.32. The Kier molecular flexibility index (Phi) is 4.25. The zero-order chi connectivity index (χ0) is 14.5. The van der Waals surface area contributed by atoms with Crippen molar-refractivity contribution in [1.82, 2.24) is 15.0 Å².